The highest BCUT2D eigenvalue weighted by Crippen LogP contribution is 2.21. The van der Waals surface area contributed by atoms with E-state index in [1.807, 2.05) is 12.4 Å². The molecule has 0 radical (unpaired) electrons. The van der Waals surface area contributed by atoms with Crippen molar-refractivity contribution in [2.45, 2.75) is 32.7 Å². The second-order valence-corrected chi connectivity index (χ2v) is 4.56. The molecule has 0 spiro atoms. The monoisotopic (exact) mass is 228 g/mol. The van der Waals surface area contributed by atoms with Crippen LogP contribution in [0.5, 0.6) is 0 Å². The Hall–Kier alpha value is -1.10. The van der Waals surface area contributed by atoms with Crippen molar-refractivity contribution in [3.8, 4) is 0 Å². The molecule has 1 N–H and O–H groups in total. The molecule has 1 rings (SSSR count). The summed E-state index contributed by atoms with van der Waals surface area (Å²) < 4.78 is 0. The quantitative estimate of drug-likeness (QED) is 0.837. The van der Waals surface area contributed by atoms with E-state index in [-0.39, 0.29) is 6.42 Å². The number of aliphatic carboxylic acids is 1. The Bertz CT molecular complexity index is 336. The van der Waals surface area contributed by atoms with Gasteiger partial charge < -0.3 is 10.0 Å². The molecule has 4 nitrogen and oxygen atoms in total. The van der Waals surface area contributed by atoms with Crippen LogP contribution in [0.2, 0.25) is 0 Å². The van der Waals surface area contributed by atoms with Gasteiger partial charge in [0, 0.05) is 24.9 Å². The standard InChI is InChI=1S/C10H16N2O2S/c1-7(2)12(3)10-11-8(6-15-10)4-5-9(13)14/h6-7H,4-5H2,1-3H3,(H,13,14). The fraction of sp³-hybridized carbons (Fsp3) is 0.600. The molecule has 0 atom stereocenters. The molecule has 1 heterocycles. The summed E-state index contributed by atoms with van der Waals surface area (Å²) in [6, 6.07) is 0.406. The maximum absolute atomic E-state index is 10.4. The molecule has 5 heteroatoms. The van der Waals surface area contributed by atoms with Crippen LogP contribution in [-0.4, -0.2) is 29.1 Å². The zero-order valence-corrected chi connectivity index (χ0v) is 10.0. The summed E-state index contributed by atoms with van der Waals surface area (Å²) in [7, 11) is 1.99. The van der Waals surface area contributed by atoms with E-state index in [4.69, 9.17) is 5.11 Å². The third-order valence-corrected chi connectivity index (χ3v) is 3.19. The van der Waals surface area contributed by atoms with E-state index in [1.54, 1.807) is 11.3 Å². The first-order valence-electron chi connectivity index (χ1n) is 4.89. The molecule has 0 fully saturated rings. The van der Waals surface area contributed by atoms with E-state index < -0.39 is 5.97 Å². The largest absolute Gasteiger partial charge is 0.481 e. The number of carboxylic acid groups (broad SMARTS) is 1. The number of aromatic nitrogens is 1. The summed E-state index contributed by atoms with van der Waals surface area (Å²) in [5.74, 6) is -0.776. The number of carboxylic acids is 1. The Kier molecular flexibility index (Phi) is 4.08. The fourth-order valence-electron chi connectivity index (χ4n) is 1.03. The molecule has 0 bridgehead atoms. The van der Waals surface area contributed by atoms with Gasteiger partial charge in [0.05, 0.1) is 12.1 Å². The van der Waals surface area contributed by atoms with Crippen LogP contribution in [0, 0.1) is 0 Å². The second kappa shape index (κ2) is 5.11. The van der Waals surface area contributed by atoms with Crippen molar-refractivity contribution in [3.63, 3.8) is 0 Å². The number of hydrogen-bond acceptors (Lipinski definition) is 4. The number of rotatable bonds is 5. The van der Waals surface area contributed by atoms with Crippen molar-refractivity contribution in [1.29, 1.82) is 0 Å². The zero-order valence-electron chi connectivity index (χ0n) is 9.23. The number of anilines is 1. The van der Waals surface area contributed by atoms with Gasteiger partial charge in [-0.05, 0) is 13.8 Å². The molecule has 15 heavy (non-hydrogen) atoms. The summed E-state index contributed by atoms with van der Waals surface area (Å²) in [5.41, 5.74) is 0.866. The summed E-state index contributed by atoms with van der Waals surface area (Å²) in [6.45, 7) is 4.19. The second-order valence-electron chi connectivity index (χ2n) is 3.72. The molecule has 0 amide bonds. The average Bonchev–Trinajstić information content (AvgIpc) is 2.61. The summed E-state index contributed by atoms with van der Waals surface area (Å²) in [4.78, 5) is 16.8. The third kappa shape index (κ3) is 3.51. The average molecular weight is 228 g/mol. The van der Waals surface area contributed by atoms with E-state index in [2.05, 4.69) is 23.7 Å². The number of nitrogens with zero attached hydrogens (tertiary/aromatic N) is 2. The minimum absolute atomic E-state index is 0.147. The Morgan fingerprint density at radius 1 is 1.67 bits per heavy atom. The number of thiazole rings is 1. The van der Waals surface area contributed by atoms with Gasteiger partial charge >= 0.3 is 5.97 Å². The number of aryl methyl sites for hydroxylation is 1. The molecule has 0 saturated carbocycles. The van der Waals surface area contributed by atoms with Crippen LogP contribution < -0.4 is 4.90 Å². The Labute approximate surface area is 93.6 Å². The lowest BCUT2D eigenvalue weighted by Crippen LogP contribution is -2.25. The van der Waals surface area contributed by atoms with E-state index in [1.165, 1.54) is 0 Å². The van der Waals surface area contributed by atoms with Gasteiger partial charge in [-0.25, -0.2) is 4.98 Å². The number of hydrogen-bond donors (Lipinski definition) is 1. The van der Waals surface area contributed by atoms with Crippen molar-refractivity contribution in [3.05, 3.63) is 11.1 Å². The molecule has 0 aliphatic heterocycles. The minimum atomic E-state index is -0.776. The molecule has 1 aromatic heterocycles. The maximum Gasteiger partial charge on any atom is 0.303 e. The normalized spacial score (nSPS) is 10.7. The first-order chi connectivity index (χ1) is 7.00. The van der Waals surface area contributed by atoms with Crippen molar-refractivity contribution >= 4 is 22.4 Å². The molecule has 84 valence electrons. The van der Waals surface area contributed by atoms with Crippen molar-refractivity contribution in [2.24, 2.45) is 0 Å². The van der Waals surface area contributed by atoms with Gasteiger partial charge in [0.1, 0.15) is 0 Å². The third-order valence-electron chi connectivity index (χ3n) is 2.21. The van der Waals surface area contributed by atoms with Crippen LogP contribution in [0.1, 0.15) is 26.0 Å². The number of carbonyl (C=O) groups is 1. The van der Waals surface area contributed by atoms with Gasteiger partial charge in [0.15, 0.2) is 5.13 Å². The van der Waals surface area contributed by atoms with Crippen molar-refractivity contribution in [1.82, 2.24) is 4.98 Å². The predicted octanol–water partition coefficient (Wildman–Crippen LogP) is 2.00. The first-order valence-corrected chi connectivity index (χ1v) is 5.77. The van der Waals surface area contributed by atoms with Gasteiger partial charge in [0.25, 0.3) is 0 Å². The topological polar surface area (TPSA) is 53.4 Å². The fourth-order valence-corrected chi connectivity index (χ4v) is 1.99. The highest BCUT2D eigenvalue weighted by atomic mass is 32.1. The highest BCUT2D eigenvalue weighted by molar-refractivity contribution is 7.13. The summed E-state index contributed by atoms with van der Waals surface area (Å²) in [6.07, 6.45) is 0.659. The Balaban J connectivity index is 2.60. The molecule has 1 aromatic rings. The predicted molar refractivity (Wildman–Crippen MR) is 61.6 cm³/mol. The van der Waals surface area contributed by atoms with Crippen molar-refractivity contribution in [2.75, 3.05) is 11.9 Å². The van der Waals surface area contributed by atoms with Gasteiger partial charge in [0.2, 0.25) is 0 Å². The highest BCUT2D eigenvalue weighted by Gasteiger charge is 2.10. The van der Waals surface area contributed by atoms with E-state index in [0.29, 0.717) is 12.5 Å². The molecule has 0 aliphatic carbocycles. The van der Waals surface area contributed by atoms with Crippen LogP contribution >= 0.6 is 11.3 Å². The lowest BCUT2D eigenvalue weighted by molar-refractivity contribution is -0.136. The summed E-state index contributed by atoms with van der Waals surface area (Å²) >= 11 is 1.56. The van der Waals surface area contributed by atoms with Crippen LogP contribution in [0.3, 0.4) is 0 Å². The molecular weight excluding hydrogens is 212 g/mol. The molecular formula is C10H16N2O2S. The van der Waals surface area contributed by atoms with Crippen molar-refractivity contribution < 1.29 is 9.90 Å². The maximum atomic E-state index is 10.4. The SMILES string of the molecule is CC(C)N(C)c1nc(CCC(=O)O)cs1. The minimum Gasteiger partial charge on any atom is -0.481 e. The Morgan fingerprint density at radius 2 is 2.33 bits per heavy atom. The van der Waals surface area contributed by atoms with Crippen LogP contribution in [-0.2, 0) is 11.2 Å². The molecule has 0 unspecified atom stereocenters. The van der Waals surface area contributed by atoms with Gasteiger partial charge in [-0.1, -0.05) is 0 Å². The lowest BCUT2D eigenvalue weighted by Gasteiger charge is -2.19. The molecule has 0 saturated heterocycles. The van der Waals surface area contributed by atoms with E-state index in [9.17, 15) is 4.79 Å². The Morgan fingerprint density at radius 3 is 2.87 bits per heavy atom. The smallest absolute Gasteiger partial charge is 0.303 e. The van der Waals surface area contributed by atoms with Gasteiger partial charge in [-0.3, -0.25) is 4.79 Å². The van der Waals surface area contributed by atoms with Gasteiger partial charge in [-0.2, -0.15) is 0 Å². The summed E-state index contributed by atoms with van der Waals surface area (Å²) in [5, 5.41) is 11.4. The van der Waals surface area contributed by atoms with E-state index >= 15 is 0 Å². The molecule has 0 aromatic carbocycles. The molecule has 0 aliphatic rings. The zero-order chi connectivity index (χ0) is 11.4. The van der Waals surface area contributed by atoms with E-state index in [0.717, 1.165) is 10.8 Å². The van der Waals surface area contributed by atoms with Gasteiger partial charge in [-0.15, -0.1) is 11.3 Å². The van der Waals surface area contributed by atoms with Crippen LogP contribution in [0.25, 0.3) is 0 Å². The van der Waals surface area contributed by atoms with Crippen LogP contribution in [0.4, 0.5) is 5.13 Å². The lowest BCUT2D eigenvalue weighted by atomic mass is 10.2. The first kappa shape index (κ1) is 12.0. The van der Waals surface area contributed by atoms with Crippen LogP contribution in [0.15, 0.2) is 5.38 Å².